The first-order valence-electron chi connectivity index (χ1n) is 9.10. The third kappa shape index (κ3) is 2.77. The summed E-state index contributed by atoms with van der Waals surface area (Å²) in [4.78, 5) is 15.1. The molecule has 4 nitrogen and oxygen atoms in total. The average molecular weight is 324 g/mol. The van der Waals surface area contributed by atoms with Gasteiger partial charge in [0.2, 0.25) is 0 Å². The number of hydrogen-bond acceptors (Lipinski definition) is 3. The Kier molecular flexibility index (Phi) is 3.96. The molecule has 0 N–H and O–H groups in total. The van der Waals surface area contributed by atoms with Crippen molar-refractivity contribution in [2.24, 2.45) is 17.8 Å². The third-order valence-electron chi connectivity index (χ3n) is 6.05. The molecular formula is C20H24N2O2. The summed E-state index contributed by atoms with van der Waals surface area (Å²) in [6.45, 7) is 2.70. The maximum atomic E-state index is 13.0. The quantitative estimate of drug-likeness (QED) is 0.856. The molecule has 2 aliphatic carbocycles. The zero-order chi connectivity index (χ0) is 16.7. The van der Waals surface area contributed by atoms with Crippen LogP contribution in [0.2, 0.25) is 0 Å². The molecule has 1 aromatic carbocycles. The Morgan fingerprint density at radius 3 is 2.54 bits per heavy atom. The van der Waals surface area contributed by atoms with E-state index in [9.17, 15) is 10.1 Å². The van der Waals surface area contributed by atoms with Crippen LogP contribution in [0.1, 0.15) is 44.6 Å². The van der Waals surface area contributed by atoms with Crippen LogP contribution in [0.25, 0.3) is 0 Å². The molecule has 2 heterocycles. The third-order valence-corrected chi connectivity index (χ3v) is 6.05. The molecule has 4 aliphatic rings. The van der Waals surface area contributed by atoms with Crippen LogP contribution in [0, 0.1) is 29.1 Å². The Morgan fingerprint density at radius 2 is 1.83 bits per heavy atom. The molecule has 126 valence electrons. The first kappa shape index (κ1) is 15.5. The number of nitrogens with zero attached hydrogens (tertiary/aromatic N) is 2. The van der Waals surface area contributed by atoms with Crippen molar-refractivity contribution in [3.8, 4) is 11.8 Å². The second kappa shape index (κ2) is 6.12. The molecule has 2 saturated carbocycles. The SMILES string of the molecule is CC(Oc1ccccc1C#N)C(=O)N1CC2CC3CC(C2)CC1C3. The average Bonchev–Trinajstić information content (AvgIpc) is 2.78. The monoisotopic (exact) mass is 324 g/mol. The normalized spacial score (nSPS) is 32.1. The van der Waals surface area contributed by atoms with Crippen LogP contribution >= 0.6 is 0 Å². The lowest BCUT2D eigenvalue weighted by Gasteiger charge is -2.39. The van der Waals surface area contributed by atoms with E-state index in [0.29, 0.717) is 23.3 Å². The number of carbonyl (C=O) groups excluding carboxylic acids is 1. The summed E-state index contributed by atoms with van der Waals surface area (Å²) in [6, 6.07) is 9.65. The molecule has 5 rings (SSSR count). The van der Waals surface area contributed by atoms with E-state index in [2.05, 4.69) is 11.0 Å². The van der Waals surface area contributed by atoms with Gasteiger partial charge in [-0.1, -0.05) is 12.1 Å². The summed E-state index contributed by atoms with van der Waals surface area (Å²) >= 11 is 0. The first-order valence-corrected chi connectivity index (χ1v) is 9.10. The summed E-state index contributed by atoms with van der Waals surface area (Å²) in [6.07, 6.45) is 5.75. The molecule has 2 saturated heterocycles. The van der Waals surface area contributed by atoms with E-state index in [1.165, 1.54) is 32.1 Å². The standard InChI is InChI=1S/C20H24N2O2/c1-13(24-19-5-3-2-4-17(19)11-21)20(23)22-12-16-7-14-6-15(8-16)10-18(22)9-14/h2-5,13-16,18H,6-10,12H2,1H3. The second-order valence-corrected chi connectivity index (χ2v) is 7.79. The smallest absolute Gasteiger partial charge is 0.263 e. The molecular weight excluding hydrogens is 300 g/mol. The Bertz CT molecular complexity index is 666. The van der Waals surface area contributed by atoms with E-state index in [1.807, 2.05) is 19.1 Å². The van der Waals surface area contributed by atoms with Crippen LogP contribution in [0.5, 0.6) is 5.75 Å². The largest absolute Gasteiger partial charge is 0.480 e. The number of benzene rings is 1. The highest BCUT2D eigenvalue weighted by molar-refractivity contribution is 5.81. The predicted molar refractivity (Wildman–Crippen MR) is 90.3 cm³/mol. The van der Waals surface area contributed by atoms with Crippen molar-refractivity contribution in [2.75, 3.05) is 6.54 Å². The van der Waals surface area contributed by atoms with Crippen molar-refractivity contribution in [1.29, 1.82) is 5.26 Å². The Balaban J connectivity index is 1.50. The van der Waals surface area contributed by atoms with E-state index >= 15 is 0 Å². The van der Waals surface area contributed by atoms with Crippen LogP contribution in [0.4, 0.5) is 0 Å². The molecule has 4 bridgehead atoms. The number of ether oxygens (including phenoxy) is 1. The van der Waals surface area contributed by atoms with Crippen molar-refractivity contribution < 1.29 is 9.53 Å². The van der Waals surface area contributed by atoms with Gasteiger partial charge in [-0.15, -0.1) is 0 Å². The highest BCUT2D eigenvalue weighted by Gasteiger charge is 2.44. The van der Waals surface area contributed by atoms with E-state index in [1.54, 1.807) is 12.1 Å². The van der Waals surface area contributed by atoms with Gasteiger partial charge in [0.15, 0.2) is 6.10 Å². The summed E-state index contributed by atoms with van der Waals surface area (Å²) < 4.78 is 5.87. The lowest BCUT2D eigenvalue weighted by atomic mass is 9.68. The van der Waals surface area contributed by atoms with Gasteiger partial charge in [-0.2, -0.15) is 5.26 Å². The lowest BCUT2D eigenvalue weighted by Crippen LogP contribution is -2.47. The van der Waals surface area contributed by atoms with Gasteiger partial charge in [0, 0.05) is 12.6 Å². The Labute approximate surface area is 143 Å². The lowest BCUT2D eigenvalue weighted by molar-refractivity contribution is -0.141. The van der Waals surface area contributed by atoms with E-state index in [4.69, 9.17) is 4.74 Å². The van der Waals surface area contributed by atoms with Gasteiger partial charge in [0.1, 0.15) is 11.8 Å². The maximum Gasteiger partial charge on any atom is 0.263 e. The van der Waals surface area contributed by atoms with Gasteiger partial charge in [0.05, 0.1) is 5.56 Å². The number of carbonyl (C=O) groups is 1. The fraction of sp³-hybridized carbons (Fsp3) is 0.600. The number of hydrogen-bond donors (Lipinski definition) is 0. The molecule has 3 atom stereocenters. The molecule has 3 unspecified atom stereocenters. The zero-order valence-corrected chi connectivity index (χ0v) is 14.1. The second-order valence-electron chi connectivity index (χ2n) is 7.79. The molecule has 0 spiro atoms. The fourth-order valence-corrected chi connectivity index (χ4v) is 5.19. The number of rotatable bonds is 3. The van der Waals surface area contributed by atoms with Crippen molar-refractivity contribution >= 4 is 5.91 Å². The summed E-state index contributed by atoms with van der Waals surface area (Å²) in [5, 5.41) is 9.19. The first-order chi connectivity index (χ1) is 11.6. The summed E-state index contributed by atoms with van der Waals surface area (Å²) in [5.41, 5.74) is 0.480. The molecule has 24 heavy (non-hydrogen) atoms. The van der Waals surface area contributed by atoms with Gasteiger partial charge in [-0.05, 0) is 68.9 Å². The molecule has 0 aromatic heterocycles. The molecule has 1 amide bonds. The van der Waals surface area contributed by atoms with Crippen LogP contribution in [-0.2, 0) is 4.79 Å². The zero-order valence-electron chi connectivity index (χ0n) is 14.1. The van der Waals surface area contributed by atoms with Gasteiger partial charge >= 0.3 is 0 Å². The van der Waals surface area contributed by atoms with Crippen LogP contribution in [0.15, 0.2) is 24.3 Å². The summed E-state index contributed by atoms with van der Waals surface area (Å²) in [7, 11) is 0. The van der Waals surface area contributed by atoms with Gasteiger partial charge in [-0.3, -0.25) is 4.79 Å². The van der Waals surface area contributed by atoms with E-state index in [-0.39, 0.29) is 5.91 Å². The van der Waals surface area contributed by atoms with Gasteiger partial charge in [0.25, 0.3) is 5.91 Å². The van der Waals surface area contributed by atoms with Crippen LogP contribution in [0.3, 0.4) is 0 Å². The van der Waals surface area contributed by atoms with Gasteiger partial charge < -0.3 is 9.64 Å². The molecule has 1 aromatic rings. The maximum absolute atomic E-state index is 13.0. The van der Waals surface area contributed by atoms with Crippen molar-refractivity contribution in [1.82, 2.24) is 4.90 Å². The van der Waals surface area contributed by atoms with Gasteiger partial charge in [-0.25, -0.2) is 0 Å². The fourth-order valence-electron chi connectivity index (χ4n) is 5.19. The number of nitriles is 1. The van der Waals surface area contributed by atoms with Crippen LogP contribution < -0.4 is 4.74 Å². The molecule has 4 heteroatoms. The Hall–Kier alpha value is -2.02. The van der Waals surface area contributed by atoms with Crippen molar-refractivity contribution in [2.45, 2.75) is 51.2 Å². The van der Waals surface area contributed by atoms with Crippen molar-refractivity contribution in [3.63, 3.8) is 0 Å². The minimum Gasteiger partial charge on any atom is -0.480 e. The van der Waals surface area contributed by atoms with E-state index in [0.717, 1.165) is 18.4 Å². The minimum absolute atomic E-state index is 0.0842. The number of para-hydroxylation sites is 1. The Morgan fingerprint density at radius 1 is 1.17 bits per heavy atom. The molecule has 2 aliphatic heterocycles. The summed E-state index contributed by atoms with van der Waals surface area (Å²) in [5.74, 6) is 2.90. The minimum atomic E-state index is -0.546. The highest BCUT2D eigenvalue weighted by atomic mass is 16.5. The molecule has 4 fully saturated rings. The van der Waals surface area contributed by atoms with Crippen LogP contribution in [-0.4, -0.2) is 29.5 Å². The predicted octanol–water partition coefficient (Wildman–Crippen LogP) is 3.36. The van der Waals surface area contributed by atoms with Crippen molar-refractivity contribution in [3.05, 3.63) is 29.8 Å². The molecule has 0 radical (unpaired) electrons. The number of amides is 1. The topological polar surface area (TPSA) is 53.3 Å². The highest BCUT2D eigenvalue weighted by Crippen LogP contribution is 2.47. The van der Waals surface area contributed by atoms with E-state index < -0.39 is 6.10 Å². The number of fused-ring (bicyclic) bond motifs is 1.